The third-order valence-electron chi connectivity index (χ3n) is 13.0. The zero-order valence-electron chi connectivity index (χ0n) is 55.2. The minimum Gasteiger partial charge on any atom is -0.508 e. The largest absolute Gasteiger partial charge is 0.508 e. The Bertz CT molecular complexity index is 3400. The predicted molar refractivity (Wildman–Crippen MR) is 389 cm³/mol. The molecular weight excluding hydrogens is 1240 g/mol. The molecule has 1 unspecified atom stereocenters. The SMILES string of the molecule is CCC(Nc1ccccc1)C(=O)CN.CCOc1ccc(NCC(=O)CN)cc1.Cc1ccc(NCC(=O)CN)cc1.NCC(=O)CNc1ccc(F)cc1.NCC(=O)CNc1ccc(O)cc1.NCC(=O)CNc1cccc2ccccc12.NCC(=O)CNc1ccccc1O. The molecule has 0 radical (unpaired) electrons. The maximum atomic E-state index is 12.4. The average Bonchev–Trinajstić information content (AvgIpc) is 0.881. The van der Waals surface area contributed by atoms with Crippen molar-refractivity contribution in [1.29, 1.82) is 0 Å². The van der Waals surface area contributed by atoms with E-state index >= 15 is 0 Å². The van der Waals surface area contributed by atoms with Gasteiger partial charge in [0.05, 0.1) is 103 Å². The first kappa shape index (κ1) is 82.5. The number of halogens is 1. The van der Waals surface area contributed by atoms with Crippen molar-refractivity contribution in [3.05, 3.63) is 206 Å². The molecule has 0 aliphatic heterocycles. The van der Waals surface area contributed by atoms with Gasteiger partial charge >= 0.3 is 0 Å². The van der Waals surface area contributed by atoms with Crippen LogP contribution in [0.2, 0.25) is 0 Å². The van der Waals surface area contributed by atoms with Gasteiger partial charge in [-0.05, 0) is 141 Å². The van der Waals surface area contributed by atoms with E-state index in [2.05, 4.69) is 37.2 Å². The van der Waals surface area contributed by atoms with Gasteiger partial charge in [0.1, 0.15) is 23.1 Å². The molecular formula is C72H95FN14O10. The number of carbonyl (C=O) groups is 7. The fraction of sp³-hybridized carbons (Fsp3) is 0.264. The minimum absolute atomic E-state index is 0.00735. The molecule has 25 heteroatoms. The highest BCUT2D eigenvalue weighted by atomic mass is 19.1. The van der Waals surface area contributed by atoms with Gasteiger partial charge in [-0.15, -0.1) is 0 Å². The minimum atomic E-state index is -0.296. The summed E-state index contributed by atoms with van der Waals surface area (Å²) in [6.45, 7) is 8.42. The number of rotatable bonds is 31. The fourth-order valence-corrected chi connectivity index (χ4v) is 7.57. The van der Waals surface area contributed by atoms with Crippen LogP contribution in [0.5, 0.6) is 17.2 Å². The Kier molecular flexibility index (Phi) is 42.4. The van der Waals surface area contributed by atoms with Crippen molar-refractivity contribution in [2.24, 2.45) is 40.1 Å². The molecule has 0 bridgehead atoms. The van der Waals surface area contributed by atoms with Crippen molar-refractivity contribution in [1.82, 2.24) is 0 Å². The highest BCUT2D eigenvalue weighted by Crippen LogP contribution is 2.23. The van der Waals surface area contributed by atoms with Crippen molar-refractivity contribution in [2.75, 3.05) is 129 Å². The lowest BCUT2D eigenvalue weighted by molar-refractivity contribution is -0.119. The van der Waals surface area contributed by atoms with Gasteiger partial charge in [-0.25, -0.2) is 4.39 Å². The van der Waals surface area contributed by atoms with Gasteiger partial charge in [0.25, 0.3) is 0 Å². The second-order valence-corrected chi connectivity index (χ2v) is 20.6. The number of fused-ring (bicyclic) bond motifs is 1. The topological polar surface area (TPSA) is 436 Å². The van der Waals surface area contributed by atoms with Crippen LogP contribution >= 0.6 is 0 Å². The second kappa shape index (κ2) is 49.9. The van der Waals surface area contributed by atoms with Gasteiger partial charge in [0.15, 0.2) is 40.5 Å². The molecule has 0 aromatic heterocycles. The summed E-state index contributed by atoms with van der Waals surface area (Å²) < 4.78 is 17.7. The Balaban J connectivity index is 0.000000386. The number of phenols is 2. The highest BCUT2D eigenvalue weighted by molar-refractivity contribution is 5.96. The van der Waals surface area contributed by atoms with Gasteiger partial charge < -0.3 is 92.3 Å². The number of ether oxygens (including phenoxy) is 1. The summed E-state index contributed by atoms with van der Waals surface area (Å²) in [5.41, 5.74) is 43.3. The first-order valence-electron chi connectivity index (χ1n) is 31.1. The number of nitrogens with one attached hydrogen (secondary N) is 7. The van der Waals surface area contributed by atoms with E-state index in [9.17, 15) is 43.1 Å². The van der Waals surface area contributed by atoms with E-state index in [1.807, 2.05) is 142 Å². The number of hydrogen-bond donors (Lipinski definition) is 16. The molecule has 0 heterocycles. The smallest absolute Gasteiger partial charge is 0.168 e. The van der Waals surface area contributed by atoms with Crippen LogP contribution in [-0.2, 0) is 33.6 Å². The molecule has 1 atom stereocenters. The Labute approximate surface area is 566 Å². The molecule has 97 heavy (non-hydrogen) atoms. The Morgan fingerprint density at radius 2 is 0.773 bits per heavy atom. The maximum Gasteiger partial charge on any atom is 0.168 e. The molecule has 8 aromatic carbocycles. The lowest BCUT2D eigenvalue weighted by Crippen LogP contribution is -2.33. The van der Waals surface area contributed by atoms with Crippen LogP contribution in [0.4, 0.5) is 44.2 Å². The first-order valence-corrected chi connectivity index (χ1v) is 31.1. The molecule has 23 N–H and O–H groups in total. The lowest BCUT2D eigenvalue weighted by atomic mass is 10.1. The third kappa shape index (κ3) is 37.1. The number of nitrogens with two attached hydrogens (primary N) is 7. The molecule has 0 aliphatic carbocycles. The molecule has 520 valence electrons. The van der Waals surface area contributed by atoms with Crippen molar-refractivity contribution in [2.45, 2.75) is 33.2 Å². The molecule has 0 saturated carbocycles. The normalized spacial score (nSPS) is 10.1. The van der Waals surface area contributed by atoms with Crippen molar-refractivity contribution in [3.63, 3.8) is 0 Å². The summed E-state index contributed by atoms with van der Waals surface area (Å²) in [7, 11) is 0. The number of ketones is 7. The summed E-state index contributed by atoms with van der Waals surface area (Å²) in [6, 6.07) is 57.9. The van der Waals surface area contributed by atoms with E-state index in [0.29, 0.717) is 24.5 Å². The molecule has 24 nitrogen and oxygen atoms in total. The van der Waals surface area contributed by atoms with Crippen molar-refractivity contribution in [3.8, 4) is 17.2 Å². The van der Waals surface area contributed by atoms with Crippen LogP contribution in [0.15, 0.2) is 194 Å². The van der Waals surface area contributed by atoms with Crippen LogP contribution in [0, 0.1) is 12.7 Å². The summed E-state index contributed by atoms with van der Waals surface area (Å²) in [4.78, 5) is 76.7. The fourth-order valence-electron chi connectivity index (χ4n) is 7.57. The van der Waals surface area contributed by atoms with Gasteiger partial charge in [-0.1, -0.05) is 91.3 Å². The molecule has 8 aromatic rings. The number of phenolic OH excluding ortho intramolecular Hbond substituents is 2. The molecule has 0 amide bonds. The zero-order chi connectivity index (χ0) is 71.6. The van der Waals surface area contributed by atoms with Gasteiger partial charge in [-0.2, -0.15) is 0 Å². The number of hydrogen-bond acceptors (Lipinski definition) is 24. The summed E-state index contributed by atoms with van der Waals surface area (Å²) in [6.07, 6.45) is 0.755. The van der Waals surface area contributed by atoms with Crippen molar-refractivity contribution < 1.29 is 52.9 Å². The van der Waals surface area contributed by atoms with Crippen LogP contribution in [0.1, 0.15) is 25.8 Å². The van der Waals surface area contributed by atoms with Crippen LogP contribution in [-0.4, -0.2) is 148 Å². The Morgan fingerprint density at radius 3 is 1.21 bits per heavy atom. The number of benzene rings is 8. The van der Waals surface area contributed by atoms with E-state index in [-0.39, 0.29) is 142 Å². The first-order chi connectivity index (χ1) is 46.7. The number of carbonyl (C=O) groups excluding carboxylic acids is 7. The van der Waals surface area contributed by atoms with E-state index < -0.39 is 0 Å². The number of aryl methyl sites for hydroxylation is 1. The summed E-state index contributed by atoms with van der Waals surface area (Å²) in [5.74, 6) is 0.710. The number of aromatic hydroxyl groups is 2. The average molecular weight is 1340 g/mol. The maximum absolute atomic E-state index is 12.4. The van der Waals surface area contributed by atoms with Crippen LogP contribution < -0.4 is 82.1 Å². The lowest BCUT2D eigenvalue weighted by Gasteiger charge is -2.15. The van der Waals surface area contributed by atoms with Crippen molar-refractivity contribution >= 4 is 91.1 Å². The monoisotopic (exact) mass is 1330 g/mol. The third-order valence-corrected chi connectivity index (χ3v) is 13.0. The highest BCUT2D eigenvalue weighted by Gasteiger charge is 2.14. The molecule has 8 rings (SSSR count). The number of Topliss-reactive ketones (excluding diaryl/α,β-unsaturated/α-hetero) is 7. The Hall–Kier alpha value is -10.6. The van der Waals surface area contributed by atoms with Gasteiger partial charge in [-0.3, -0.25) is 33.6 Å². The van der Waals surface area contributed by atoms with Gasteiger partial charge in [0.2, 0.25) is 0 Å². The van der Waals surface area contributed by atoms with Crippen LogP contribution in [0.3, 0.4) is 0 Å². The summed E-state index contributed by atoms with van der Waals surface area (Å²) >= 11 is 0. The summed E-state index contributed by atoms with van der Waals surface area (Å²) in [5, 5.41) is 41.3. The quantitative estimate of drug-likeness (QED) is 0.0161. The molecule has 0 aliphatic rings. The molecule has 0 saturated heterocycles. The zero-order valence-corrected chi connectivity index (χ0v) is 55.2. The van der Waals surface area contributed by atoms with E-state index in [4.69, 9.17) is 50.0 Å². The predicted octanol–water partition coefficient (Wildman–Crippen LogP) is 6.57. The standard InChI is InChI=1S/C13H14N2O.C11H16N2O2.C11H16N2O.C10H14N2O.C9H11FN2O.2C9H12N2O2/c14-8-11(16)9-15-13-7-3-5-10-4-1-2-6-12(10)13;1-2-15-11-5-3-9(4-6-11)13-8-10(14)7-12;1-2-10(11(14)8-12)13-9-6-4-3-5-7-9;1-8-2-4-9(5-3-8)12-7-10(13)6-11;10-7-1-3-8(4-2-7)12-6-9(13)5-11;10-5-9(13)6-11-7-1-3-8(12)4-2-7;10-5-7(12)6-11-8-3-1-2-4-9(8)13/h1-7,15H,8-9,14H2;3-6,13H,2,7-8,12H2,1H3;3-7,10,13H,2,8,12H2,1H3;2-5,12H,6-7,11H2,1H3;1-4,12H,5-6,11H2;1-4,11-12H,5-6,10H2;1-4,11,13H,5-6,10H2. The van der Waals surface area contributed by atoms with Gasteiger partial charge in [0, 0.05) is 39.5 Å². The number of para-hydroxylation sites is 3. The molecule has 0 fully saturated rings. The number of anilines is 7. The molecule has 0 spiro atoms. The Morgan fingerprint density at radius 1 is 0.402 bits per heavy atom. The second-order valence-electron chi connectivity index (χ2n) is 20.6. The van der Waals surface area contributed by atoms with Crippen LogP contribution in [0.25, 0.3) is 10.8 Å². The van der Waals surface area contributed by atoms with E-state index in [1.54, 1.807) is 60.7 Å². The van der Waals surface area contributed by atoms with E-state index in [0.717, 1.165) is 51.4 Å². The van der Waals surface area contributed by atoms with E-state index in [1.165, 1.54) is 17.7 Å².